The fourth-order valence-electron chi connectivity index (χ4n) is 3.98. The number of para-hydroxylation sites is 1. The number of nitroso groups, excluding NO2 is 1. The lowest BCUT2D eigenvalue weighted by Gasteiger charge is -2.19. The van der Waals surface area contributed by atoms with Crippen molar-refractivity contribution >= 4 is 16.8 Å². The molecule has 0 fully saturated rings. The summed E-state index contributed by atoms with van der Waals surface area (Å²) in [7, 11) is 4.71. The number of nitrogens with zero attached hydrogens (tertiary/aromatic N) is 1. The second-order valence-electron chi connectivity index (χ2n) is 7.16. The van der Waals surface area contributed by atoms with Crippen molar-refractivity contribution in [3.8, 4) is 28.7 Å². The van der Waals surface area contributed by atoms with Gasteiger partial charge in [-0.1, -0.05) is 24.3 Å². The zero-order valence-electron chi connectivity index (χ0n) is 18.0. The molecule has 3 aromatic rings. The summed E-state index contributed by atoms with van der Waals surface area (Å²) in [6.45, 7) is 0.453. The first-order chi connectivity index (χ1) is 15.6. The van der Waals surface area contributed by atoms with E-state index < -0.39 is 0 Å². The molecule has 0 saturated heterocycles. The van der Waals surface area contributed by atoms with Gasteiger partial charge in [0.05, 0.1) is 27.9 Å². The van der Waals surface area contributed by atoms with E-state index in [0.717, 1.165) is 33.6 Å². The van der Waals surface area contributed by atoms with Gasteiger partial charge in [-0.05, 0) is 57.8 Å². The summed E-state index contributed by atoms with van der Waals surface area (Å²) in [4.78, 5) is 10.9. The molecule has 0 aliphatic carbocycles. The Morgan fingerprint density at radius 3 is 2.25 bits per heavy atom. The van der Waals surface area contributed by atoms with Crippen molar-refractivity contribution in [3.05, 3.63) is 76.2 Å². The average Bonchev–Trinajstić information content (AvgIpc) is 3.02. The summed E-state index contributed by atoms with van der Waals surface area (Å²) in [5.41, 5.74) is 4.34. The number of methoxy groups -OCH3 is 3. The van der Waals surface area contributed by atoms with Crippen LogP contribution in [0.25, 0.3) is 11.1 Å². The summed E-state index contributed by atoms with van der Waals surface area (Å²) in [6, 6.07) is 16.4. The van der Waals surface area contributed by atoms with E-state index in [0.29, 0.717) is 30.3 Å². The maximum atomic E-state index is 10.9. The molecular weight excluding hydrogens is 410 g/mol. The third-order valence-electron chi connectivity index (χ3n) is 5.44. The topological polar surface area (TPSA) is 86.6 Å². The predicted molar refractivity (Wildman–Crippen MR) is 122 cm³/mol. The summed E-state index contributed by atoms with van der Waals surface area (Å²) >= 11 is 0. The Morgan fingerprint density at radius 1 is 0.906 bits per heavy atom. The molecule has 0 atom stereocenters. The van der Waals surface area contributed by atoms with E-state index in [1.165, 1.54) is 6.07 Å². The van der Waals surface area contributed by atoms with Gasteiger partial charge in [0.1, 0.15) is 17.2 Å². The molecule has 3 aromatic carbocycles. The third-order valence-corrected chi connectivity index (χ3v) is 5.44. The van der Waals surface area contributed by atoms with Gasteiger partial charge in [0.2, 0.25) is 5.75 Å². The number of ether oxygens (including phenoxy) is 4. The molecule has 0 saturated carbocycles. The summed E-state index contributed by atoms with van der Waals surface area (Å²) in [5.74, 6) is 2.13. The van der Waals surface area contributed by atoms with Crippen molar-refractivity contribution in [1.29, 1.82) is 0 Å². The average molecular weight is 433 g/mol. The number of aromatic hydroxyl groups is 1. The number of phenols is 1. The van der Waals surface area contributed by atoms with Crippen molar-refractivity contribution in [2.45, 2.75) is 6.42 Å². The quantitative estimate of drug-likeness (QED) is 0.513. The summed E-state index contributed by atoms with van der Waals surface area (Å²) in [5, 5.41) is 13.1. The van der Waals surface area contributed by atoms with Gasteiger partial charge in [-0.25, -0.2) is 0 Å². The zero-order chi connectivity index (χ0) is 22.7. The van der Waals surface area contributed by atoms with Crippen LogP contribution in [0.1, 0.15) is 23.1 Å². The Labute approximate surface area is 185 Å². The highest BCUT2D eigenvalue weighted by Crippen LogP contribution is 2.46. The minimum absolute atomic E-state index is 0.00559. The molecule has 0 spiro atoms. The number of benzene rings is 3. The van der Waals surface area contributed by atoms with Crippen molar-refractivity contribution in [2.24, 2.45) is 5.18 Å². The highest BCUT2D eigenvalue weighted by molar-refractivity contribution is 6.01. The molecule has 0 aromatic heterocycles. The summed E-state index contributed by atoms with van der Waals surface area (Å²) < 4.78 is 22.7. The van der Waals surface area contributed by atoms with Crippen LogP contribution in [-0.4, -0.2) is 33.0 Å². The molecule has 1 N–H and O–H groups in total. The fourth-order valence-corrected chi connectivity index (χ4v) is 3.98. The lowest BCUT2D eigenvalue weighted by Crippen LogP contribution is -1.99. The molecule has 1 heterocycles. The van der Waals surface area contributed by atoms with Crippen LogP contribution in [0.2, 0.25) is 0 Å². The van der Waals surface area contributed by atoms with E-state index in [4.69, 9.17) is 18.9 Å². The number of hydrogen-bond acceptors (Lipinski definition) is 7. The van der Waals surface area contributed by atoms with Gasteiger partial charge in [0, 0.05) is 12.0 Å². The van der Waals surface area contributed by atoms with Gasteiger partial charge >= 0.3 is 0 Å². The molecule has 4 rings (SSSR count). The SMILES string of the molecule is COc1cc(C2=C(c3ccc(N=O)c(O)c3)CCOc3ccccc32)cc(OC)c1OC. The van der Waals surface area contributed by atoms with Crippen LogP contribution in [0.3, 0.4) is 0 Å². The molecule has 164 valence electrons. The molecule has 0 radical (unpaired) electrons. The second-order valence-corrected chi connectivity index (χ2v) is 7.16. The molecule has 7 heteroatoms. The fraction of sp³-hybridized carbons (Fsp3) is 0.200. The van der Waals surface area contributed by atoms with Crippen LogP contribution in [-0.2, 0) is 0 Å². The third kappa shape index (κ3) is 3.73. The van der Waals surface area contributed by atoms with E-state index in [2.05, 4.69) is 5.18 Å². The van der Waals surface area contributed by atoms with E-state index in [-0.39, 0.29) is 11.4 Å². The highest BCUT2D eigenvalue weighted by Gasteiger charge is 2.24. The monoisotopic (exact) mass is 433 g/mol. The number of phenolic OH excluding ortho intramolecular Hbond substituents is 1. The maximum Gasteiger partial charge on any atom is 0.203 e. The predicted octanol–water partition coefficient (Wildman–Crippen LogP) is 5.56. The van der Waals surface area contributed by atoms with Crippen LogP contribution < -0.4 is 18.9 Å². The Kier molecular flexibility index (Phi) is 5.98. The molecule has 1 aliphatic rings. The lowest BCUT2D eigenvalue weighted by atomic mass is 9.87. The van der Waals surface area contributed by atoms with Gasteiger partial charge in [0.25, 0.3) is 0 Å². The molecule has 32 heavy (non-hydrogen) atoms. The van der Waals surface area contributed by atoms with Gasteiger partial charge in [-0.2, -0.15) is 0 Å². The highest BCUT2D eigenvalue weighted by atomic mass is 16.5. The van der Waals surface area contributed by atoms with Crippen LogP contribution in [0.5, 0.6) is 28.7 Å². The van der Waals surface area contributed by atoms with E-state index in [1.807, 2.05) is 36.4 Å². The Bertz CT molecular complexity index is 1180. The van der Waals surface area contributed by atoms with E-state index in [9.17, 15) is 10.0 Å². The van der Waals surface area contributed by atoms with E-state index >= 15 is 0 Å². The van der Waals surface area contributed by atoms with Crippen LogP contribution in [0.4, 0.5) is 5.69 Å². The summed E-state index contributed by atoms with van der Waals surface area (Å²) in [6.07, 6.45) is 0.577. The van der Waals surface area contributed by atoms with Gasteiger partial charge in [-0.3, -0.25) is 0 Å². The van der Waals surface area contributed by atoms with Crippen molar-refractivity contribution < 1.29 is 24.1 Å². The number of rotatable bonds is 6. The minimum atomic E-state index is -0.173. The molecule has 1 aliphatic heterocycles. The first-order valence-electron chi connectivity index (χ1n) is 10.0. The number of hydrogen-bond donors (Lipinski definition) is 1. The number of fused-ring (bicyclic) bond motifs is 1. The lowest BCUT2D eigenvalue weighted by molar-refractivity contribution is 0.324. The van der Waals surface area contributed by atoms with Crippen LogP contribution in [0.15, 0.2) is 59.8 Å². The van der Waals surface area contributed by atoms with Gasteiger partial charge < -0.3 is 24.1 Å². The van der Waals surface area contributed by atoms with Gasteiger partial charge in [0.15, 0.2) is 11.5 Å². The smallest absolute Gasteiger partial charge is 0.203 e. The molecule has 0 amide bonds. The zero-order valence-corrected chi connectivity index (χ0v) is 18.0. The maximum absolute atomic E-state index is 10.9. The Balaban J connectivity index is 2.05. The van der Waals surface area contributed by atoms with Crippen molar-refractivity contribution in [1.82, 2.24) is 0 Å². The molecular formula is C25H23NO6. The minimum Gasteiger partial charge on any atom is -0.506 e. The van der Waals surface area contributed by atoms with Crippen molar-refractivity contribution in [2.75, 3.05) is 27.9 Å². The van der Waals surface area contributed by atoms with Crippen LogP contribution in [0, 0.1) is 4.91 Å². The van der Waals surface area contributed by atoms with Crippen LogP contribution >= 0.6 is 0 Å². The Hall–Kier alpha value is -4.00. The standard InChI is InChI=1S/C25H23NO6/c1-29-22-13-16(14-23(30-2)25(22)31-3)24-17(15-8-9-19(26-28)20(27)12-15)10-11-32-21-7-5-4-6-18(21)24/h4-9,12-14,27H,10-11H2,1-3H3. The first kappa shape index (κ1) is 21.2. The Morgan fingerprint density at radius 2 is 1.62 bits per heavy atom. The molecule has 7 nitrogen and oxygen atoms in total. The van der Waals surface area contributed by atoms with Crippen molar-refractivity contribution in [3.63, 3.8) is 0 Å². The first-order valence-corrected chi connectivity index (χ1v) is 10.0. The van der Waals surface area contributed by atoms with E-state index in [1.54, 1.807) is 33.5 Å². The molecule has 0 bridgehead atoms. The molecule has 0 unspecified atom stereocenters. The van der Waals surface area contributed by atoms with Gasteiger partial charge in [-0.15, -0.1) is 4.91 Å². The second kappa shape index (κ2) is 9.01. The largest absolute Gasteiger partial charge is 0.506 e. The normalized spacial score (nSPS) is 13.0.